The van der Waals surface area contributed by atoms with E-state index in [-0.39, 0.29) is 12.1 Å². The third-order valence-electron chi connectivity index (χ3n) is 4.52. The van der Waals surface area contributed by atoms with Gasteiger partial charge in [-0.2, -0.15) is 0 Å². The van der Waals surface area contributed by atoms with Gasteiger partial charge in [-0.15, -0.1) is 0 Å². The zero-order valence-corrected chi connectivity index (χ0v) is 14.5. The van der Waals surface area contributed by atoms with E-state index in [2.05, 4.69) is 33.2 Å². The fourth-order valence-corrected chi connectivity index (χ4v) is 3.24. The van der Waals surface area contributed by atoms with Crippen molar-refractivity contribution in [1.82, 2.24) is 19.8 Å². The molecule has 3 rings (SSSR count). The van der Waals surface area contributed by atoms with E-state index in [1.54, 1.807) is 0 Å². The van der Waals surface area contributed by atoms with Crippen LogP contribution in [-0.4, -0.2) is 39.6 Å². The molecule has 0 unspecified atom stereocenters. The second-order valence-electron chi connectivity index (χ2n) is 6.80. The van der Waals surface area contributed by atoms with Gasteiger partial charge in [0.1, 0.15) is 5.82 Å². The largest absolute Gasteiger partial charge is 0.336 e. The summed E-state index contributed by atoms with van der Waals surface area (Å²) >= 11 is 0. The predicted octanol–water partition coefficient (Wildman–Crippen LogP) is 3.38. The molecule has 24 heavy (non-hydrogen) atoms. The molecule has 0 atom stereocenters. The minimum Gasteiger partial charge on any atom is -0.336 e. The van der Waals surface area contributed by atoms with Gasteiger partial charge in [-0.25, -0.2) is 9.78 Å². The molecule has 128 valence electrons. The van der Waals surface area contributed by atoms with Crippen LogP contribution in [0.2, 0.25) is 0 Å². The van der Waals surface area contributed by atoms with Gasteiger partial charge in [-0.05, 0) is 32.6 Å². The number of carbonyl (C=O) groups is 1. The quantitative estimate of drug-likeness (QED) is 0.936. The number of aromatic nitrogens is 2. The lowest BCUT2D eigenvalue weighted by Crippen LogP contribution is -2.46. The summed E-state index contributed by atoms with van der Waals surface area (Å²) in [6, 6.07) is 10.6. The Morgan fingerprint density at radius 2 is 1.96 bits per heavy atom. The molecule has 5 nitrogen and oxygen atoms in total. The van der Waals surface area contributed by atoms with Crippen LogP contribution in [0.5, 0.6) is 0 Å². The van der Waals surface area contributed by atoms with Crippen molar-refractivity contribution in [2.24, 2.45) is 5.92 Å². The molecule has 1 aliphatic rings. The van der Waals surface area contributed by atoms with Crippen LogP contribution in [0.15, 0.2) is 42.7 Å². The van der Waals surface area contributed by atoms with Crippen molar-refractivity contribution >= 4 is 6.03 Å². The van der Waals surface area contributed by atoms with Crippen molar-refractivity contribution in [2.45, 2.75) is 39.3 Å². The van der Waals surface area contributed by atoms with E-state index < -0.39 is 0 Å². The number of benzene rings is 1. The molecule has 1 fully saturated rings. The number of hydrogen-bond acceptors (Lipinski definition) is 2. The highest BCUT2D eigenvalue weighted by atomic mass is 16.2. The Hall–Kier alpha value is -2.30. The topological polar surface area (TPSA) is 50.2 Å². The molecule has 0 aliphatic carbocycles. The van der Waals surface area contributed by atoms with Gasteiger partial charge in [0, 0.05) is 43.6 Å². The number of rotatable bonds is 4. The molecule has 1 aromatic heterocycles. The first kappa shape index (κ1) is 16.6. The monoisotopic (exact) mass is 326 g/mol. The molecule has 0 radical (unpaired) electrons. The van der Waals surface area contributed by atoms with E-state index in [1.807, 2.05) is 43.1 Å². The zero-order valence-electron chi connectivity index (χ0n) is 14.5. The minimum absolute atomic E-state index is 0.0658. The molecule has 0 spiro atoms. The first-order valence-electron chi connectivity index (χ1n) is 8.75. The highest BCUT2D eigenvalue weighted by Crippen LogP contribution is 2.23. The molecular weight excluding hydrogens is 300 g/mol. The van der Waals surface area contributed by atoms with Crippen molar-refractivity contribution < 1.29 is 4.79 Å². The molecule has 2 aromatic rings. The number of amides is 2. The van der Waals surface area contributed by atoms with E-state index in [0.29, 0.717) is 5.92 Å². The predicted molar refractivity (Wildman–Crippen MR) is 95.6 cm³/mol. The van der Waals surface area contributed by atoms with Gasteiger partial charge >= 0.3 is 6.03 Å². The van der Waals surface area contributed by atoms with Crippen LogP contribution in [0.25, 0.3) is 11.4 Å². The molecular formula is C19H26N4O. The van der Waals surface area contributed by atoms with Crippen LogP contribution in [0.4, 0.5) is 4.79 Å². The van der Waals surface area contributed by atoms with Crippen molar-refractivity contribution in [3.05, 3.63) is 42.7 Å². The summed E-state index contributed by atoms with van der Waals surface area (Å²) in [5, 5.41) is 2.98. The number of nitrogens with zero attached hydrogens (tertiary/aromatic N) is 3. The first-order chi connectivity index (χ1) is 11.6. The number of piperidine rings is 1. The molecule has 2 amide bonds. The Kier molecular flexibility index (Phi) is 5.18. The van der Waals surface area contributed by atoms with Crippen molar-refractivity contribution in [3.8, 4) is 11.4 Å². The van der Waals surface area contributed by atoms with Crippen LogP contribution in [0.1, 0.15) is 26.7 Å². The Bertz CT molecular complexity index is 657. The molecule has 1 N–H and O–H groups in total. The summed E-state index contributed by atoms with van der Waals surface area (Å²) < 4.78 is 2.24. The molecule has 5 heteroatoms. The SMILES string of the molecule is CC(C)NC(=O)N1CCC(Cn2ccnc2-c2ccccc2)CC1. The second kappa shape index (κ2) is 7.51. The number of carbonyl (C=O) groups excluding carboxylic acids is 1. The number of hydrogen-bond donors (Lipinski definition) is 1. The lowest BCUT2D eigenvalue weighted by molar-refractivity contribution is 0.163. The van der Waals surface area contributed by atoms with Crippen LogP contribution < -0.4 is 5.32 Å². The van der Waals surface area contributed by atoms with Crippen LogP contribution >= 0.6 is 0 Å². The van der Waals surface area contributed by atoms with Crippen LogP contribution in [0, 0.1) is 5.92 Å². The highest BCUT2D eigenvalue weighted by molar-refractivity contribution is 5.74. The molecule has 2 heterocycles. The number of nitrogens with one attached hydrogen (secondary N) is 1. The zero-order chi connectivity index (χ0) is 16.9. The Balaban J connectivity index is 1.58. The molecule has 1 aromatic carbocycles. The fourth-order valence-electron chi connectivity index (χ4n) is 3.24. The lowest BCUT2D eigenvalue weighted by Gasteiger charge is -2.32. The van der Waals surface area contributed by atoms with E-state index in [0.717, 1.165) is 43.9 Å². The maximum absolute atomic E-state index is 12.1. The van der Waals surface area contributed by atoms with Gasteiger partial charge in [0.15, 0.2) is 0 Å². The van der Waals surface area contributed by atoms with Gasteiger partial charge in [0.2, 0.25) is 0 Å². The van der Waals surface area contributed by atoms with Gasteiger partial charge in [-0.1, -0.05) is 30.3 Å². The molecule has 1 saturated heterocycles. The maximum atomic E-state index is 12.1. The normalized spacial score (nSPS) is 15.7. The summed E-state index contributed by atoms with van der Waals surface area (Å²) in [5.41, 5.74) is 1.15. The third-order valence-corrected chi connectivity index (χ3v) is 4.52. The number of urea groups is 1. The van der Waals surface area contributed by atoms with E-state index in [1.165, 1.54) is 0 Å². The summed E-state index contributed by atoms with van der Waals surface area (Å²) in [7, 11) is 0. The molecule has 0 bridgehead atoms. The second-order valence-corrected chi connectivity index (χ2v) is 6.80. The average molecular weight is 326 g/mol. The smallest absolute Gasteiger partial charge is 0.317 e. The number of imidazole rings is 1. The Morgan fingerprint density at radius 3 is 2.62 bits per heavy atom. The van der Waals surface area contributed by atoms with E-state index in [9.17, 15) is 4.79 Å². The molecule has 1 aliphatic heterocycles. The van der Waals surface area contributed by atoms with Crippen molar-refractivity contribution in [3.63, 3.8) is 0 Å². The summed E-state index contributed by atoms with van der Waals surface area (Å²) in [6.45, 7) is 6.62. The maximum Gasteiger partial charge on any atom is 0.317 e. The summed E-state index contributed by atoms with van der Waals surface area (Å²) in [4.78, 5) is 18.5. The van der Waals surface area contributed by atoms with Crippen LogP contribution in [0.3, 0.4) is 0 Å². The Morgan fingerprint density at radius 1 is 1.25 bits per heavy atom. The minimum atomic E-state index is 0.0658. The third kappa shape index (κ3) is 3.96. The summed E-state index contributed by atoms with van der Waals surface area (Å²) in [5.74, 6) is 1.61. The average Bonchev–Trinajstić information content (AvgIpc) is 3.04. The lowest BCUT2D eigenvalue weighted by atomic mass is 9.96. The standard InChI is InChI=1S/C19H26N4O/c1-15(2)21-19(24)22-11-8-16(9-12-22)14-23-13-10-20-18(23)17-6-4-3-5-7-17/h3-7,10,13,15-16H,8-9,11-12,14H2,1-2H3,(H,21,24). The summed E-state index contributed by atoms with van der Waals surface area (Å²) in [6.07, 6.45) is 6.00. The van der Waals surface area contributed by atoms with Gasteiger partial charge < -0.3 is 14.8 Å². The fraction of sp³-hybridized carbons (Fsp3) is 0.474. The van der Waals surface area contributed by atoms with Crippen LogP contribution in [-0.2, 0) is 6.54 Å². The van der Waals surface area contributed by atoms with E-state index in [4.69, 9.17) is 0 Å². The van der Waals surface area contributed by atoms with Gasteiger partial charge in [0.05, 0.1) is 0 Å². The van der Waals surface area contributed by atoms with Crippen molar-refractivity contribution in [1.29, 1.82) is 0 Å². The van der Waals surface area contributed by atoms with Crippen molar-refractivity contribution in [2.75, 3.05) is 13.1 Å². The van der Waals surface area contributed by atoms with Gasteiger partial charge in [-0.3, -0.25) is 0 Å². The van der Waals surface area contributed by atoms with E-state index >= 15 is 0 Å². The number of likely N-dealkylation sites (tertiary alicyclic amines) is 1. The van der Waals surface area contributed by atoms with Gasteiger partial charge in [0.25, 0.3) is 0 Å². The highest BCUT2D eigenvalue weighted by Gasteiger charge is 2.23. The Labute approximate surface area is 143 Å². The molecule has 0 saturated carbocycles. The first-order valence-corrected chi connectivity index (χ1v) is 8.75.